The van der Waals surface area contributed by atoms with Crippen molar-refractivity contribution in [3.63, 3.8) is 0 Å². The molecule has 17 heavy (non-hydrogen) atoms. The summed E-state index contributed by atoms with van der Waals surface area (Å²) in [5.74, 6) is 1.02. The molecule has 1 N–H and O–H groups in total. The molecule has 2 rings (SSSR count). The molecule has 2 atom stereocenters. The van der Waals surface area contributed by atoms with Crippen LogP contribution in [0.3, 0.4) is 0 Å². The second-order valence-corrected chi connectivity index (χ2v) is 5.16. The van der Waals surface area contributed by atoms with Crippen molar-refractivity contribution in [3.05, 3.63) is 12.7 Å². The van der Waals surface area contributed by atoms with Gasteiger partial charge in [-0.1, -0.05) is 13.0 Å². The Labute approximate surface area is 104 Å². The number of hydrogen-bond acceptors (Lipinski definition) is 3. The number of piperazine rings is 1. The zero-order valence-electron chi connectivity index (χ0n) is 10.7. The molecule has 4 nitrogen and oxygen atoms in total. The highest BCUT2D eigenvalue weighted by molar-refractivity contribution is 5.79. The van der Waals surface area contributed by atoms with E-state index in [0.29, 0.717) is 11.8 Å². The summed E-state index contributed by atoms with van der Waals surface area (Å²) in [7, 11) is 0. The summed E-state index contributed by atoms with van der Waals surface area (Å²) in [4.78, 5) is 16.7. The molecule has 0 saturated carbocycles. The molecule has 2 heterocycles. The molecule has 4 heteroatoms. The zero-order valence-corrected chi connectivity index (χ0v) is 10.7. The first-order chi connectivity index (χ1) is 8.22. The van der Waals surface area contributed by atoms with E-state index in [2.05, 4.69) is 23.7 Å². The summed E-state index contributed by atoms with van der Waals surface area (Å²) < 4.78 is 0. The molecule has 2 fully saturated rings. The fourth-order valence-corrected chi connectivity index (χ4v) is 2.71. The predicted octanol–water partition coefficient (Wildman–Crippen LogP) is 0.172. The van der Waals surface area contributed by atoms with Crippen LogP contribution in [0.4, 0.5) is 0 Å². The molecular formula is C13H23N3O. The Morgan fingerprint density at radius 3 is 2.59 bits per heavy atom. The van der Waals surface area contributed by atoms with Crippen LogP contribution in [0.2, 0.25) is 0 Å². The smallest absolute Gasteiger partial charge is 0.227 e. The normalized spacial score (nSPS) is 30.5. The topological polar surface area (TPSA) is 35.6 Å². The van der Waals surface area contributed by atoms with Crippen LogP contribution in [-0.2, 0) is 4.79 Å². The van der Waals surface area contributed by atoms with E-state index < -0.39 is 0 Å². The van der Waals surface area contributed by atoms with Gasteiger partial charge in [0.05, 0.1) is 5.92 Å². The first-order valence-electron chi connectivity index (χ1n) is 6.55. The molecule has 96 valence electrons. The van der Waals surface area contributed by atoms with Crippen LogP contribution in [0.15, 0.2) is 12.7 Å². The summed E-state index contributed by atoms with van der Waals surface area (Å²) in [6, 6.07) is 0. The number of amides is 1. The van der Waals surface area contributed by atoms with Gasteiger partial charge >= 0.3 is 0 Å². The number of nitrogens with zero attached hydrogens (tertiary/aromatic N) is 2. The summed E-state index contributed by atoms with van der Waals surface area (Å²) in [6.07, 6.45) is 1.93. The Balaban J connectivity index is 1.83. The minimum absolute atomic E-state index is 0.195. The Bertz CT molecular complexity index is 284. The third-order valence-corrected chi connectivity index (χ3v) is 3.91. The number of carbonyl (C=O) groups excluding carboxylic acids is 1. The van der Waals surface area contributed by atoms with Gasteiger partial charge in [0.15, 0.2) is 0 Å². The molecular weight excluding hydrogens is 214 g/mol. The van der Waals surface area contributed by atoms with Crippen LogP contribution in [0.1, 0.15) is 6.92 Å². The van der Waals surface area contributed by atoms with Crippen LogP contribution < -0.4 is 5.32 Å². The average molecular weight is 237 g/mol. The first-order valence-corrected chi connectivity index (χ1v) is 6.55. The monoisotopic (exact) mass is 237 g/mol. The van der Waals surface area contributed by atoms with E-state index in [1.807, 2.05) is 11.0 Å². The first kappa shape index (κ1) is 12.6. The van der Waals surface area contributed by atoms with Crippen molar-refractivity contribution < 1.29 is 4.79 Å². The van der Waals surface area contributed by atoms with Crippen LogP contribution in [0.5, 0.6) is 0 Å². The van der Waals surface area contributed by atoms with Crippen molar-refractivity contribution >= 4 is 5.91 Å². The minimum Gasteiger partial charge on any atom is -0.340 e. The lowest BCUT2D eigenvalue weighted by Gasteiger charge is -2.35. The number of hydrogen-bond donors (Lipinski definition) is 1. The maximum Gasteiger partial charge on any atom is 0.227 e. The van der Waals surface area contributed by atoms with E-state index in [-0.39, 0.29) is 5.92 Å². The van der Waals surface area contributed by atoms with Gasteiger partial charge in [0.25, 0.3) is 0 Å². The summed E-state index contributed by atoms with van der Waals surface area (Å²) in [5, 5.41) is 3.30. The van der Waals surface area contributed by atoms with Crippen LogP contribution in [-0.4, -0.2) is 61.5 Å². The number of rotatable bonds is 3. The maximum absolute atomic E-state index is 12.3. The lowest BCUT2D eigenvalue weighted by Crippen LogP contribution is -2.51. The van der Waals surface area contributed by atoms with E-state index in [9.17, 15) is 4.79 Å². The van der Waals surface area contributed by atoms with Gasteiger partial charge in [-0.25, -0.2) is 0 Å². The second-order valence-electron chi connectivity index (χ2n) is 5.16. The van der Waals surface area contributed by atoms with Gasteiger partial charge in [0, 0.05) is 39.3 Å². The largest absolute Gasteiger partial charge is 0.340 e. The molecule has 1 amide bonds. The molecule has 0 bridgehead atoms. The predicted molar refractivity (Wildman–Crippen MR) is 68.7 cm³/mol. The van der Waals surface area contributed by atoms with Gasteiger partial charge in [-0.15, -0.1) is 6.58 Å². The van der Waals surface area contributed by atoms with Gasteiger partial charge in [-0.2, -0.15) is 0 Å². The molecule has 0 aromatic heterocycles. The van der Waals surface area contributed by atoms with E-state index in [1.165, 1.54) is 0 Å². The molecule has 2 saturated heterocycles. The van der Waals surface area contributed by atoms with Gasteiger partial charge < -0.3 is 10.2 Å². The third kappa shape index (κ3) is 2.87. The van der Waals surface area contributed by atoms with Gasteiger partial charge in [0.2, 0.25) is 5.91 Å². The molecule has 0 aromatic rings. The van der Waals surface area contributed by atoms with E-state index in [0.717, 1.165) is 45.8 Å². The van der Waals surface area contributed by atoms with Crippen molar-refractivity contribution in [2.75, 3.05) is 45.8 Å². The molecule has 2 aliphatic rings. The third-order valence-electron chi connectivity index (χ3n) is 3.91. The standard InChI is InChI=1S/C13H23N3O/c1-3-4-15-5-7-16(8-6-15)13(17)12-10-14-9-11(12)2/h3,11-12,14H,1,4-10H2,2H3/t11-,12-/m1/s1. The fraction of sp³-hybridized carbons (Fsp3) is 0.769. The fourth-order valence-electron chi connectivity index (χ4n) is 2.71. The van der Waals surface area contributed by atoms with Crippen molar-refractivity contribution in [3.8, 4) is 0 Å². The van der Waals surface area contributed by atoms with Gasteiger partial charge in [-0.3, -0.25) is 9.69 Å². The molecule has 2 aliphatic heterocycles. The summed E-state index contributed by atoms with van der Waals surface area (Å²) >= 11 is 0. The Hall–Kier alpha value is -0.870. The Kier molecular flexibility index (Phi) is 4.18. The zero-order chi connectivity index (χ0) is 12.3. The number of nitrogens with one attached hydrogen (secondary N) is 1. The Morgan fingerprint density at radius 2 is 2.06 bits per heavy atom. The molecule has 0 aliphatic carbocycles. The van der Waals surface area contributed by atoms with Gasteiger partial charge in [-0.05, 0) is 12.5 Å². The lowest BCUT2D eigenvalue weighted by atomic mass is 9.96. The average Bonchev–Trinajstić information content (AvgIpc) is 2.76. The molecule has 0 unspecified atom stereocenters. The van der Waals surface area contributed by atoms with Crippen molar-refractivity contribution in [1.82, 2.24) is 15.1 Å². The number of carbonyl (C=O) groups is 1. The SMILES string of the molecule is C=CCN1CCN(C(=O)[C@@H]2CNC[C@H]2C)CC1. The minimum atomic E-state index is 0.195. The van der Waals surface area contributed by atoms with E-state index in [1.54, 1.807) is 0 Å². The van der Waals surface area contributed by atoms with E-state index in [4.69, 9.17) is 0 Å². The molecule has 0 radical (unpaired) electrons. The van der Waals surface area contributed by atoms with Crippen LogP contribution in [0.25, 0.3) is 0 Å². The second kappa shape index (κ2) is 5.65. The van der Waals surface area contributed by atoms with E-state index >= 15 is 0 Å². The van der Waals surface area contributed by atoms with Crippen molar-refractivity contribution in [2.45, 2.75) is 6.92 Å². The highest BCUT2D eigenvalue weighted by atomic mass is 16.2. The Morgan fingerprint density at radius 1 is 1.35 bits per heavy atom. The lowest BCUT2D eigenvalue weighted by molar-refractivity contribution is -0.137. The summed E-state index contributed by atoms with van der Waals surface area (Å²) in [6.45, 7) is 12.4. The highest BCUT2D eigenvalue weighted by Crippen LogP contribution is 2.19. The molecule has 0 spiro atoms. The van der Waals surface area contributed by atoms with Gasteiger partial charge in [0.1, 0.15) is 0 Å². The summed E-state index contributed by atoms with van der Waals surface area (Å²) in [5.41, 5.74) is 0. The van der Waals surface area contributed by atoms with Crippen molar-refractivity contribution in [1.29, 1.82) is 0 Å². The van der Waals surface area contributed by atoms with Crippen LogP contribution in [0, 0.1) is 11.8 Å². The molecule has 0 aromatic carbocycles. The van der Waals surface area contributed by atoms with Crippen molar-refractivity contribution in [2.24, 2.45) is 11.8 Å². The van der Waals surface area contributed by atoms with Crippen LogP contribution >= 0.6 is 0 Å². The quantitative estimate of drug-likeness (QED) is 0.711. The highest BCUT2D eigenvalue weighted by Gasteiger charge is 2.33. The maximum atomic E-state index is 12.3.